The van der Waals surface area contributed by atoms with E-state index in [1.54, 1.807) is 6.92 Å². The Hall–Kier alpha value is -1.41. The Balaban J connectivity index is 2.94. The number of rotatable bonds is 6. The quantitative estimate of drug-likeness (QED) is 0.726. The molecule has 102 valence electrons. The smallest absolute Gasteiger partial charge is 0.324 e. The lowest BCUT2D eigenvalue weighted by Crippen LogP contribution is -2.45. The van der Waals surface area contributed by atoms with Gasteiger partial charge in [-0.3, -0.25) is 9.89 Å². The molecule has 2 N–H and O–H groups in total. The maximum atomic E-state index is 12.0. The van der Waals surface area contributed by atoms with Crippen LogP contribution in [0.25, 0.3) is 0 Å². The topological polar surface area (TPSA) is 101 Å². The van der Waals surface area contributed by atoms with Crippen molar-refractivity contribution in [3.63, 3.8) is 0 Å². The first-order chi connectivity index (χ1) is 8.42. The fourth-order valence-electron chi connectivity index (χ4n) is 1.38. The van der Waals surface area contributed by atoms with Gasteiger partial charge in [-0.15, -0.1) is 0 Å². The number of methoxy groups -OCH3 is 1. The number of aromatic amines is 1. The molecule has 0 aliphatic heterocycles. The zero-order chi connectivity index (χ0) is 13.8. The number of carbonyl (C=O) groups is 1. The molecule has 18 heavy (non-hydrogen) atoms. The Morgan fingerprint density at radius 3 is 2.72 bits per heavy atom. The van der Waals surface area contributed by atoms with Crippen LogP contribution in [0.4, 0.5) is 0 Å². The summed E-state index contributed by atoms with van der Waals surface area (Å²) >= 11 is 0. The van der Waals surface area contributed by atoms with Gasteiger partial charge in [0.15, 0.2) is 0 Å². The molecule has 0 aromatic carbocycles. The number of carbonyl (C=O) groups excluding carboxylic acids is 1. The van der Waals surface area contributed by atoms with Crippen LogP contribution < -0.4 is 4.72 Å². The lowest BCUT2D eigenvalue weighted by molar-refractivity contribution is -0.143. The molecule has 1 heterocycles. The monoisotopic (exact) mass is 275 g/mol. The number of sulfonamides is 1. The molecule has 0 radical (unpaired) electrons. The van der Waals surface area contributed by atoms with Gasteiger partial charge in [0, 0.05) is 6.20 Å². The molecule has 1 rings (SSSR count). The molecule has 8 heteroatoms. The van der Waals surface area contributed by atoms with E-state index in [2.05, 4.69) is 19.7 Å². The van der Waals surface area contributed by atoms with Crippen molar-refractivity contribution in [3.8, 4) is 0 Å². The summed E-state index contributed by atoms with van der Waals surface area (Å²) < 4.78 is 30.9. The van der Waals surface area contributed by atoms with Crippen molar-refractivity contribution < 1.29 is 17.9 Å². The van der Waals surface area contributed by atoms with Gasteiger partial charge in [0.05, 0.1) is 13.3 Å². The van der Waals surface area contributed by atoms with Crippen molar-refractivity contribution in [2.75, 3.05) is 7.11 Å². The Morgan fingerprint density at radius 1 is 1.61 bits per heavy atom. The minimum Gasteiger partial charge on any atom is -0.468 e. The Kier molecular flexibility index (Phi) is 4.85. The first-order valence-electron chi connectivity index (χ1n) is 5.51. The molecule has 0 bridgehead atoms. The molecule has 0 aliphatic carbocycles. The van der Waals surface area contributed by atoms with Crippen molar-refractivity contribution >= 4 is 16.0 Å². The second-order valence-electron chi connectivity index (χ2n) is 3.94. The van der Waals surface area contributed by atoms with Crippen molar-refractivity contribution in [3.05, 3.63) is 12.4 Å². The lowest BCUT2D eigenvalue weighted by Gasteiger charge is -2.21. The van der Waals surface area contributed by atoms with Crippen molar-refractivity contribution in [1.82, 2.24) is 14.9 Å². The van der Waals surface area contributed by atoms with E-state index in [1.165, 1.54) is 19.5 Å². The lowest BCUT2D eigenvalue weighted by atomic mass is 10.0. The van der Waals surface area contributed by atoms with Crippen LogP contribution in [-0.4, -0.2) is 37.7 Å². The minimum absolute atomic E-state index is 0.0142. The van der Waals surface area contributed by atoms with Crippen LogP contribution in [0.1, 0.15) is 20.3 Å². The first kappa shape index (κ1) is 14.7. The number of esters is 1. The Bertz CT molecular complexity index is 483. The molecule has 0 fully saturated rings. The molecule has 2 atom stereocenters. The van der Waals surface area contributed by atoms with Crippen molar-refractivity contribution in [1.29, 1.82) is 0 Å². The molecule has 7 nitrogen and oxygen atoms in total. The summed E-state index contributed by atoms with van der Waals surface area (Å²) in [5.74, 6) is -0.768. The van der Waals surface area contributed by atoms with Gasteiger partial charge >= 0.3 is 5.97 Å². The summed E-state index contributed by atoms with van der Waals surface area (Å²) in [5, 5.41) is 5.98. The highest BCUT2D eigenvalue weighted by molar-refractivity contribution is 7.89. The highest BCUT2D eigenvalue weighted by Crippen LogP contribution is 2.13. The fraction of sp³-hybridized carbons (Fsp3) is 0.600. The van der Waals surface area contributed by atoms with Gasteiger partial charge in [-0.1, -0.05) is 20.3 Å². The highest BCUT2D eigenvalue weighted by atomic mass is 32.2. The van der Waals surface area contributed by atoms with E-state index in [1.807, 2.05) is 6.92 Å². The van der Waals surface area contributed by atoms with E-state index < -0.39 is 22.0 Å². The summed E-state index contributed by atoms with van der Waals surface area (Å²) in [7, 11) is -2.54. The Labute approximate surface area is 106 Å². The maximum Gasteiger partial charge on any atom is 0.324 e. The fourth-order valence-corrected chi connectivity index (χ4v) is 2.58. The second-order valence-corrected chi connectivity index (χ2v) is 5.66. The van der Waals surface area contributed by atoms with Crippen LogP contribution >= 0.6 is 0 Å². The average molecular weight is 275 g/mol. The number of H-pyrrole nitrogens is 1. The largest absolute Gasteiger partial charge is 0.468 e. The Morgan fingerprint density at radius 2 is 2.28 bits per heavy atom. The third-order valence-electron chi connectivity index (χ3n) is 2.73. The molecular weight excluding hydrogens is 258 g/mol. The number of aromatic nitrogens is 2. The maximum absolute atomic E-state index is 12.0. The molecule has 0 saturated heterocycles. The number of hydrogen-bond acceptors (Lipinski definition) is 5. The molecule has 1 aromatic heterocycles. The number of nitrogens with one attached hydrogen (secondary N) is 2. The standard InChI is InChI=1S/C10H17N3O4S/c1-4-7(2)9(10(14)17-3)13-18(15,16)8-5-11-12-6-8/h5-7,9,13H,4H2,1-3H3,(H,11,12). The predicted molar refractivity (Wildman–Crippen MR) is 64.2 cm³/mol. The third kappa shape index (κ3) is 3.30. The normalized spacial score (nSPS) is 15.1. The van der Waals surface area contributed by atoms with Crippen LogP contribution in [0.5, 0.6) is 0 Å². The molecule has 2 unspecified atom stereocenters. The molecule has 0 saturated carbocycles. The number of nitrogens with zero attached hydrogens (tertiary/aromatic N) is 1. The molecule has 1 aromatic rings. The van der Waals surface area contributed by atoms with Gasteiger partial charge in [-0.25, -0.2) is 8.42 Å². The second kappa shape index (κ2) is 5.96. The zero-order valence-corrected chi connectivity index (χ0v) is 11.3. The SMILES string of the molecule is CCC(C)C(NS(=O)(=O)c1cn[nH]c1)C(=O)OC. The molecule has 0 amide bonds. The summed E-state index contributed by atoms with van der Waals surface area (Å²) in [6.45, 7) is 3.65. The van der Waals surface area contributed by atoms with Crippen LogP contribution in [0.15, 0.2) is 17.3 Å². The van der Waals surface area contributed by atoms with E-state index in [9.17, 15) is 13.2 Å². The zero-order valence-electron chi connectivity index (χ0n) is 10.5. The summed E-state index contributed by atoms with van der Waals surface area (Å²) in [4.78, 5) is 11.6. The van der Waals surface area contributed by atoms with Gasteiger partial charge in [-0.05, 0) is 5.92 Å². The van der Waals surface area contributed by atoms with Gasteiger partial charge in [0.1, 0.15) is 10.9 Å². The van der Waals surface area contributed by atoms with E-state index in [0.29, 0.717) is 6.42 Å². The summed E-state index contributed by atoms with van der Waals surface area (Å²) in [6, 6.07) is -0.903. The van der Waals surface area contributed by atoms with E-state index in [0.717, 1.165) is 0 Å². The van der Waals surface area contributed by atoms with Crippen molar-refractivity contribution in [2.24, 2.45) is 5.92 Å². The summed E-state index contributed by atoms with van der Waals surface area (Å²) in [6.07, 6.45) is 3.06. The molecular formula is C10H17N3O4S. The third-order valence-corrected chi connectivity index (χ3v) is 4.14. The van der Waals surface area contributed by atoms with Crippen LogP contribution in [-0.2, 0) is 19.6 Å². The molecule has 0 spiro atoms. The highest BCUT2D eigenvalue weighted by Gasteiger charge is 2.30. The first-order valence-corrected chi connectivity index (χ1v) is 6.99. The van der Waals surface area contributed by atoms with Crippen LogP contribution in [0.2, 0.25) is 0 Å². The van der Waals surface area contributed by atoms with Crippen molar-refractivity contribution in [2.45, 2.75) is 31.2 Å². The molecule has 0 aliphatic rings. The van der Waals surface area contributed by atoms with E-state index in [4.69, 9.17) is 0 Å². The van der Waals surface area contributed by atoms with Gasteiger partial charge in [-0.2, -0.15) is 9.82 Å². The average Bonchev–Trinajstić information content (AvgIpc) is 2.88. The summed E-state index contributed by atoms with van der Waals surface area (Å²) in [5.41, 5.74) is 0. The van der Waals surface area contributed by atoms with Gasteiger partial charge < -0.3 is 4.74 Å². The number of ether oxygens (including phenoxy) is 1. The van der Waals surface area contributed by atoms with Gasteiger partial charge in [0.2, 0.25) is 10.0 Å². The van der Waals surface area contributed by atoms with Crippen LogP contribution in [0, 0.1) is 5.92 Å². The predicted octanol–water partition coefficient (Wildman–Crippen LogP) is 0.276. The number of hydrogen-bond donors (Lipinski definition) is 2. The van der Waals surface area contributed by atoms with Gasteiger partial charge in [0.25, 0.3) is 0 Å². The van der Waals surface area contributed by atoms with E-state index >= 15 is 0 Å². The minimum atomic E-state index is -3.77. The van der Waals surface area contributed by atoms with E-state index in [-0.39, 0.29) is 10.8 Å². The van der Waals surface area contributed by atoms with Crippen LogP contribution in [0.3, 0.4) is 0 Å².